The number of halogens is 1. The quantitative estimate of drug-likeness (QED) is 0.495. The van der Waals surface area contributed by atoms with Gasteiger partial charge in [0.1, 0.15) is 35.2 Å². The van der Waals surface area contributed by atoms with Gasteiger partial charge in [-0.25, -0.2) is 14.4 Å². The first-order valence-electron chi connectivity index (χ1n) is 8.17. The second-order valence-electron chi connectivity index (χ2n) is 5.76. The molecule has 0 bridgehead atoms. The highest BCUT2D eigenvalue weighted by Crippen LogP contribution is 2.32. The van der Waals surface area contributed by atoms with E-state index < -0.39 is 5.82 Å². The molecule has 10 heteroatoms. The number of ether oxygens (including phenoxy) is 1. The lowest BCUT2D eigenvalue weighted by Crippen LogP contribution is -2.18. The number of rotatable bonds is 4. The van der Waals surface area contributed by atoms with E-state index in [1.165, 1.54) is 37.8 Å². The topological polar surface area (TPSA) is 132 Å². The summed E-state index contributed by atoms with van der Waals surface area (Å²) < 4.78 is 20.4. The van der Waals surface area contributed by atoms with Crippen LogP contribution >= 0.6 is 0 Å². The number of nitrogen functional groups attached to an aromatic ring is 1. The maximum absolute atomic E-state index is 14.8. The third-order valence-corrected chi connectivity index (χ3v) is 4.02. The predicted octanol–water partition coefficient (Wildman–Crippen LogP) is 2.29. The number of hydrogen-bond donors (Lipinski definition) is 3. The van der Waals surface area contributed by atoms with Crippen molar-refractivity contribution in [2.45, 2.75) is 0 Å². The molecule has 0 saturated heterocycles. The van der Waals surface area contributed by atoms with Crippen LogP contribution in [0.4, 0.5) is 10.2 Å². The second kappa shape index (κ2) is 6.91. The van der Waals surface area contributed by atoms with Crippen molar-refractivity contribution in [3.05, 3.63) is 54.4 Å². The molecule has 0 radical (unpaired) electrons. The summed E-state index contributed by atoms with van der Waals surface area (Å²) in [6.45, 7) is 0. The number of nitrogens with zero attached hydrogens (tertiary/aromatic N) is 4. The zero-order valence-electron chi connectivity index (χ0n) is 14.6. The lowest BCUT2D eigenvalue weighted by atomic mass is 10.1. The third-order valence-electron chi connectivity index (χ3n) is 4.02. The van der Waals surface area contributed by atoms with Crippen molar-refractivity contribution in [2.75, 3.05) is 12.8 Å². The Morgan fingerprint density at radius 2 is 2.00 bits per heavy atom. The molecule has 4 N–H and O–H groups in total. The van der Waals surface area contributed by atoms with Gasteiger partial charge in [-0.05, 0) is 18.2 Å². The molecule has 1 aromatic carbocycles. The fourth-order valence-electron chi connectivity index (χ4n) is 2.70. The number of amides is 1. The molecule has 140 valence electrons. The summed E-state index contributed by atoms with van der Waals surface area (Å²) in [4.78, 5) is 23.5. The van der Waals surface area contributed by atoms with E-state index in [1.807, 2.05) is 0 Å². The van der Waals surface area contributed by atoms with Gasteiger partial charge < -0.3 is 15.8 Å². The van der Waals surface area contributed by atoms with Gasteiger partial charge in [0.15, 0.2) is 5.65 Å². The van der Waals surface area contributed by atoms with Gasteiger partial charge in [-0.3, -0.25) is 14.9 Å². The Morgan fingerprint density at radius 3 is 2.79 bits per heavy atom. The summed E-state index contributed by atoms with van der Waals surface area (Å²) in [5.41, 5.74) is 7.04. The lowest BCUT2D eigenvalue weighted by molar-refractivity contribution is 0.0958. The maximum atomic E-state index is 14.8. The number of hydrogen-bond acceptors (Lipinski definition) is 7. The van der Waals surface area contributed by atoms with Crippen LogP contribution in [-0.4, -0.2) is 38.1 Å². The number of fused-ring (bicyclic) bond motifs is 1. The summed E-state index contributed by atoms with van der Waals surface area (Å²) >= 11 is 0. The number of aromatic amines is 1. The largest absolute Gasteiger partial charge is 0.457 e. The van der Waals surface area contributed by atoms with Crippen LogP contribution in [0.5, 0.6) is 11.5 Å². The van der Waals surface area contributed by atoms with Crippen molar-refractivity contribution in [3.63, 3.8) is 0 Å². The maximum Gasteiger partial charge on any atom is 0.269 e. The highest BCUT2D eigenvalue weighted by atomic mass is 19.1. The average Bonchev–Trinajstić information content (AvgIpc) is 3.13. The number of benzene rings is 1. The number of carbonyl (C=O) groups is 1. The highest BCUT2D eigenvalue weighted by molar-refractivity contribution is 5.97. The van der Waals surface area contributed by atoms with Crippen molar-refractivity contribution < 1.29 is 13.9 Å². The number of H-pyrrole nitrogens is 1. The summed E-state index contributed by atoms with van der Waals surface area (Å²) in [5.74, 6) is -0.0921. The van der Waals surface area contributed by atoms with Crippen LogP contribution in [0.25, 0.3) is 22.3 Å². The Labute approximate surface area is 157 Å². The van der Waals surface area contributed by atoms with E-state index in [0.717, 1.165) is 0 Å². The molecule has 0 saturated carbocycles. The zero-order valence-corrected chi connectivity index (χ0v) is 14.6. The molecule has 0 fully saturated rings. The molecule has 4 rings (SSSR count). The van der Waals surface area contributed by atoms with Crippen LogP contribution < -0.4 is 15.8 Å². The Balaban J connectivity index is 1.66. The molecular formula is C18H14FN7O2. The minimum Gasteiger partial charge on any atom is -0.457 e. The fourth-order valence-corrected chi connectivity index (χ4v) is 2.70. The molecule has 28 heavy (non-hydrogen) atoms. The van der Waals surface area contributed by atoms with Crippen molar-refractivity contribution >= 4 is 22.8 Å². The number of carbonyl (C=O) groups excluding carboxylic acids is 1. The van der Waals surface area contributed by atoms with Crippen LogP contribution in [-0.2, 0) is 0 Å². The summed E-state index contributed by atoms with van der Waals surface area (Å²) in [7, 11) is 1.50. The van der Waals surface area contributed by atoms with Gasteiger partial charge in [0.25, 0.3) is 5.91 Å². The van der Waals surface area contributed by atoms with Gasteiger partial charge in [-0.2, -0.15) is 5.10 Å². The molecule has 0 aliphatic heterocycles. The van der Waals surface area contributed by atoms with Gasteiger partial charge >= 0.3 is 0 Å². The Morgan fingerprint density at radius 1 is 1.18 bits per heavy atom. The van der Waals surface area contributed by atoms with Crippen molar-refractivity contribution in [3.8, 4) is 22.8 Å². The Bertz CT molecular complexity index is 1190. The second-order valence-corrected chi connectivity index (χ2v) is 5.76. The first kappa shape index (κ1) is 17.3. The molecule has 3 aromatic heterocycles. The first-order chi connectivity index (χ1) is 13.6. The zero-order chi connectivity index (χ0) is 19.7. The van der Waals surface area contributed by atoms with E-state index in [2.05, 4.69) is 30.5 Å². The van der Waals surface area contributed by atoms with E-state index in [1.54, 1.807) is 12.1 Å². The molecule has 0 atom stereocenters. The minimum absolute atomic E-state index is 0.191. The fraction of sp³-hybridized carbons (Fsp3) is 0.0556. The summed E-state index contributed by atoms with van der Waals surface area (Å²) in [5, 5.41) is 9.68. The van der Waals surface area contributed by atoms with Gasteiger partial charge in [0, 0.05) is 30.9 Å². The summed E-state index contributed by atoms with van der Waals surface area (Å²) in [6, 6.07) is 7.38. The third kappa shape index (κ3) is 3.07. The molecule has 1 amide bonds. The molecule has 9 nitrogen and oxygen atoms in total. The normalized spacial score (nSPS) is 10.8. The minimum atomic E-state index is -0.549. The Kier molecular flexibility index (Phi) is 4.28. The number of nitrogens with one attached hydrogen (secondary N) is 2. The van der Waals surface area contributed by atoms with Gasteiger partial charge in [0.2, 0.25) is 0 Å². The molecule has 0 unspecified atom stereocenters. The van der Waals surface area contributed by atoms with Gasteiger partial charge in [-0.15, -0.1) is 0 Å². The number of aromatic nitrogens is 5. The van der Waals surface area contributed by atoms with Crippen molar-refractivity contribution in [1.29, 1.82) is 0 Å². The van der Waals surface area contributed by atoms with E-state index >= 15 is 0 Å². The van der Waals surface area contributed by atoms with E-state index in [4.69, 9.17) is 10.5 Å². The van der Waals surface area contributed by atoms with Gasteiger partial charge in [-0.1, -0.05) is 0 Å². The Hall–Kier alpha value is -4.08. The lowest BCUT2D eigenvalue weighted by Gasteiger charge is -2.09. The number of nitrogens with two attached hydrogens (primary N) is 1. The van der Waals surface area contributed by atoms with Gasteiger partial charge in [0.05, 0.1) is 11.1 Å². The monoisotopic (exact) mass is 379 g/mol. The standard InChI is InChI=1S/C18H14FN7O2/c1-21-18(27)13-7-10(4-5-22-13)28-9-2-3-11(12(19)6-9)15-14-16(20)23-8-24-17(14)26-25-15/h2-8H,1H3,(H,21,27)(H3,20,23,24,25,26). The smallest absolute Gasteiger partial charge is 0.269 e. The van der Waals surface area contributed by atoms with E-state index in [0.29, 0.717) is 22.5 Å². The first-order valence-corrected chi connectivity index (χ1v) is 8.17. The van der Waals surface area contributed by atoms with Crippen LogP contribution in [0, 0.1) is 5.82 Å². The molecule has 0 aliphatic carbocycles. The predicted molar refractivity (Wildman–Crippen MR) is 99.2 cm³/mol. The molecular weight excluding hydrogens is 365 g/mol. The van der Waals surface area contributed by atoms with Crippen molar-refractivity contribution in [2.24, 2.45) is 0 Å². The molecule has 0 spiro atoms. The van der Waals surface area contributed by atoms with Crippen LogP contribution in [0.2, 0.25) is 0 Å². The highest BCUT2D eigenvalue weighted by Gasteiger charge is 2.16. The van der Waals surface area contributed by atoms with Crippen LogP contribution in [0.15, 0.2) is 42.9 Å². The molecule has 0 aliphatic rings. The summed E-state index contributed by atoms with van der Waals surface area (Å²) in [6.07, 6.45) is 2.72. The van der Waals surface area contributed by atoms with E-state index in [-0.39, 0.29) is 28.7 Å². The SMILES string of the molecule is CNC(=O)c1cc(Oc2ccc(-c3[nH]nc4ncnc(N)c34)c(F)c2)ccn1. The van der Waals surface area contributed by atoms with Crippen LogP contribution in [0.1, 0.15) is 10.5 Å². The number of anilines is 1. The van der Waals surface area contributed by atoms with Crippen molar-refractivity contribution in [1.82, 2.24) is 30.5 Å². The van der Waals surface area contributed by atoms with E-state index in [9.17, 15) is 9.18 Å². The van der Waals surface area contributed by atoms with Crippen LogP contribution in [0.3, 0.4) is 0 Å². The number of pyridine rings is 1. The average molecular weight is 379 g/mol. The molecule has 3 heterocycles. The molecule has 4 aromatic rings.